The van der Waals surface area contributed by atoms with E-state index in [1.54, 1.807) is 80.8 Å². The van der Waals surface area contributed by atoms with E-state index in [0.717, 1.165) is 57.8 Å². The third kappa shape index (κ3) is 17.2. The molecule has 1 heterocycles. The summed E-state index contributed by atoms with van der Waals surface area (Å²) in [7, 11) is 0. The van der Waals surface area contributed by atoms with Crippen LogP contribution < -0.4 is 32.4 Å². The van der Waals surface area contributed by atoms with Crippen LogP contribution >= 0.6 is 0 Å². The predicted molar refractivity (Wildman–Crippen MR) is 242 cm³/mol. The normalized spacial score (nSPS) is 15.4. The number of hydrazine groups is 1. The van der Waals surface area contributed by atoms with E-state index in [0.29, 0.717) is 36.1 Å². The first-order chi connectivity index (χ1) is 31.0. The van der Waals surface area contributed by atoms with Crippen molar-refractivity contribution in [3.05, 3.63) is 81.4 Å². The molecule has 0 bridgehead atoms. The SMILES string of the molecule is CC(C)(C)OC(=O)NCCNC(=O)C(=O)[C@H](Cc1ccccc1)NC(=O)[C@H](CCCN=C(N)N[N+](=O)[O-])NC(=O)C(CCCCCCCCN1C(=O)c2ccccc2C1=O)C1CCCC1. The number of ether oxygens (including phenoxy) is 1. The number of hydrogen-bond donors (Lipinski definition) is 6. The fourth-order valence-electron chi connectivity index (χ4n) is 8.13. The van der Waals surface area contributed by atoms with E-state index in [2.05, 4.69) is 26.3 Å². The van der Waals surface area contributed by atoms with Crippen molar-refractivity contribution in [3.63, 3.8) is 0 Å². The largest absolute Gasteiger partial charge is 0.444 e. The van der Waals surface area contributed by atoms with Gasteiger partial charge in [-0.2, -0.15) is 0 Å². The Balaban J connectivity index is 1.37. The minimum Gasteiger partial charge on any atom is -0.444 e. The van der Waals surface area contributed by atoms with Crippen LogP contribution in [0.1, 0.15) is 131 Å². The van der Waals surface area contributed by atoms with Crippen molar-refractivity contribution < 1.29 is 43.3 Å². The zero-order chi connectivity index (χ0) is 47.4. The molecule has 1 saturated carbocycles. The highest BCUT2D eigenvalue weighted by Crippen LogP contribution is 2.35. The molecule has 4 rings (SSSR count). The lowest BCUT2D eigenvalue weighted by Crippen LogP contribution is -2.55. The van der Waals surface area contributed by atoms with Crippen LogP contribution in [-0.2, 0) is 30.3 Å². The molecule has 7 N–H and O–H groups in total. The molecule has 1 unspecified atom stereocenters. The van der Waals surface area contributed by atoms with Crippen molar-refractivity contribution in [1.29, 1.82) is 0 Å². The molecule has 2 aliphatic rings. The Morgan fingerprint density at radius 2 is 1.38 bits per heavy atom. The Labute approximate surface area is 379 Å². The molecule has 0 saturated heterocycles. The Morgan fingerprint density at radius 3 is 2.02 bits per heavy atom. The number of alkyl carbamates (subject to hydrolysis) is 1. The molecule has 1 aliphatic carbocycles. The van der Waals surface area contributed by atoms with Gasteiger partial charge in [-0.1, -0.05) is 92.8 Å². The van der Waals surface area contributed by atoms with Gasteiger partial charge in [-0.05, 0) is 82.9 Å². The average molecular weight is 904 g/mol. The first-order valence-electron chi connectivity index (χ1n) is 22.6. The summed E-state index contributed by atoms with van der Waals surface area (Å²) in [6, 6.07) is 13.2. The Kier molecular flexibility index (Phi) is 20.3. The van der Waals surface area contributed by atoms with Gasteiger partial charge in [0.2, 0.25) is 17.6 Å². The number of nitrogens with two attached hydrogens (primary N) is 1. The van der Waals surface area contributed by atoms with Gasteiger partial charge in [0.15, 0.2) is 5.03 Å². The molecule has 19 heteroatoms. The number of fused-ring (bicyclic) bond motifs is 1. The topological polar surface area (TPSA) is 274 Å². The molecule has 0 radical (unpaired) electrons. The molecule has 1 fully saturated rings. The van der Waals surface area contributed by atoms with Crippen LogP contribution in [0.3, 0.4) is 0 Å². The number of benzene rings is 2. The van der Waals surface area contributed by atoms with Gasteiger partial charge in [-0.3, -0.25) is 33.7 Å². The molecule has 19 nitrogen and oxygen atoms in total. The maximum absolute atomic E-state index is 14.2. The molecule has 1 aliphatic heterocycles. The maximum atomic E-state index is 14.2. The first-order valence-corrected chi connectivity index (χ1v) is 22.6. The molecule has 2 aromatic carbocycles. The number of aliphatic imine (C=N–C) groups is 1. The number of rotatable bonds is 26. The number of Topliss-reactive ketones (excluding diaryl/α,β-unsaturated/α-hetero) is 1. The Bertz CT molecular complexity index is 1960. The van der Waals surface area contributed by atoms with Crippen molar-refractivity contribution in [2.45, 2.75) is 128 Å². The van der Waals surface area contributed by atoms with Crippen LogP contribution in [0.5, 0.6) is 0 Å². The second-order valence-electron chi connectivity index (χ2n) is 17.5. The van der Waals surface area contributed by atoms with E-state index in [9.17, 15) is 43.7 Å². The number of nitrogens with zero attached hydrogens (tertiary/aromatic N) is 3. The van der Waals surface area contributed by atoms with Gasteiger partial charge in [-0.15, -0.1) is 0 Å². The highest BCUT2D eigenvalue weighted by Gasteiger charge is 2.36. The van der Waals surface area contributed by atoms with Crippen LogP contribution in [0.2, 0.25) is 0 Å². The summed E-state index contributed by atoms with van der Waals surface area (Å²) in [5.41, 5.74) is 8.18. The molecule has 6 amide bonds. The third-order valence-electron chi connectivity index (χ3n) is 11.3. The van der Waals surface area contributed by atoms with Crippen LogP contribution in [0.15, 0.2) is 59.6 Å². The average Bonchev–Trinajstić information content (AvgIpc) is 3.88. The van der Waals surface area contributed by atoms with E-state index in [4.69, 9.17) is 10.5 Å². The summed E-state index contributed by atoms with van der Waals surface area (Å²) >= 11 is 0. The summed E-state index contributed by atoms with van der Waals surface area (Å²) in [5.74, 6) is -4.09. The van der Waals surface area contributed by atoms with Crippen LogP contribution in [0, 0.1) is 22.0 Å². The van der Waals surface area contributed by atoms with Crippen molar-refractivity contribution in [3.8, 4) is 0 Å². The lowest BCUT2D eigenvalue weighted by atomic mass is 9.85. The molecular weight excluding hydrogens is 839 g/mol. The Hall–Kier alpha value is -6.40. The molecule has 354 valence electrons. The van der Waals surface area contributed by atoms with Gasteiger partial charge in [0.25, 0.3) is 23.7 Å². The van der Waals surface area contributed by atoms with E-state index in [1.807, 2.05) is 0 Å². The number of carbonyl (C=O) groups excluding carboxylic acids is 7. The number of guanidine groups is 1. The van der Waals surface area contributed by atoms with Crippen LogP contribution in [0.25, 0.3) is 0 Å². The van der Waals surface area contributed by atoms with Crippen molar-refractivity contribution in [2.75, 3.05) is 26.2 Å². The molecular formula is C46H65N9O10. The smallest absolute Gasteiger partial charge is 0.407 e. The second kappa shape index (κ2) is 25.8. The number of unbranched alkanes of at least 4 members (excludes halogenated alkanes) is 5. The maximum Gasteiger partial charge on any atom is 0.407 e. The number of imide groups is 1. The summed E-state index contributed by atoms with van der Waals surface area (Å²) in [6.45, 7) is 5.36. The van der Waals surface area contributed by atoms with Gasteiger partial charge in [-0.25, -0.2) is 19.9 Å². The summed E-state index contributed by atoms with van der Waals surface area (Å²) in [6.07, 6.45) is 8.83. The van der Waals surface area contributed by atoms with Crippen molar-refractivity contribution in [1.82, 2.24) is 31.6 Å². The number of hydrogen-bond acceptors (Lipinski definition) is 11. The van der Waals surface area contributed by atoms with Gasteiger partial charge in [0.05, 0.1) is 11.1 Å². The molecule has 0 aromatic heterocycles. The summed E-state index contributed by atoms with van der Waals surface area (Å²) in [5, 5.41) is 20.6. The van der Waals surface area contributed by atoms with Gasteiger partial charge < -0.3 is 31.7 Å². The quantitative estimate of drug-likeness (QED) is 0.0148. The summed E-state index contributed by atoms with van der Waals surface area (Å²) in [4.78, 5) is 109. The van der Waals surface area contributed by atoms with E-state index < -0.39 is 52.4 Å². The fourth-order valence-corrected chi connectivity index (χ4v) is 8.13. The van der Waals surface area contributed by atoms with Gasteiger partial charge in [0.1, 0.15) is 17.7 Å². The lowest BCUT2D eigenvalue weighted by molar-refractivity contribution is -0.525. The monoisotopic (exact) mass is 903 g/mol. The summed E-state index contributed by atoms with van der Waals surface area (Å²) < 4.78 is 5.19. The Morgan fingerprint density at radius 1 is 0.800 bits per heavy atom. The second-order valence-corrected chi connectivity index (χ2v) is 17.5. The number of carbonyl (C=O) groups is 7. The van der Waals surface area contributed by atoms with Crippen LogP contribution in [-0.4, -0.2) is 101 Å². The van der Waals surface area contributed by atoms with Gasteiger partial charge >= 0.3 is 6.09 Å². The predicted octanol–water partition coefficient (Wildman–Crippen LogP) is 4.12. The van der Waals surface area contributed by atoms with E-state index in [-0.39, 0.29) is 68.5 Å². The van der Waals surface area contributed by atoms with Crippen molar-refractivity contribution >= 4 is 47.4 Å². The fraction of sp³-hybridized carbons (Fsp3) is 0.565. The number of nitrogens with one attached hydrogen (secondary N) is 5. The zero-order valence-electron chi connectivity index (χ0n) is 37.7. The number of amides is 6. The lowest BCUT2D eigenvalue weighted by Gasteiger charge is -2.27. The highest BCUT2D eigenvalue weighted by molar-refractivity contribution is 6.38. The highest BCUT2D eigenvalue weighted by atomic mass is 16.7. The van der Waals surface area contributed by atoms with E-state index >= 15 is 0 Å². The molecule has 2 aromatic rings. The van der Waals surface area contributed by atoms with E-state index in [1.165, 1.54) is 4.90 Å². The molecule has 65 heavy (non-hydrogen) atoms. The zero-order valence-corrected chi connectivity index (χ0v) is 37.7. The van der Waals surface area contributed by atoms with Gasteiger partial charge in [0, 0.05) is 38.5 Å². The number of nitro groups is 1. The first kappa shape index (κ1) is 51.2. The molecule has 3 atom stereocenters. The minimum atomic E-state index is -1.32. The van der Waals surface area contributed by atoms with Crippen molar-refractivity contribution in [2.24, 2.45) is 22.6 Å². The third-order valence-corrected chi connectivity index (χ3v) is 11.3. The molecule has 0 spiro atoms. The van der Waals surface area contributed by atoms with Crippen LogP contribution in [0.4, 0.5) is 4.79 Å². The standard InChI is InChI=1S/C46H65N9O10/c1-46(2,3)65-45(62)50-28-27-48-41(59)38(56)37(30-31-18-9-8-10-19-31)52-40(58)36(25-17-26-49-44(47)53-55(63)64)51-39(57)33(32-20-12-13-21-32)22-11-6-4-5-7-16-29-54-42(60)34-23-14-15-24-35(34)43(54)61/h8-10,14-15,18-19,23-24,32-33,36-37H,4-7,11-13,16-17,20-22,25-30H2,1-3H3,(H,48,59)(H,50,62)(H,51,57)(H,52,58)(H3,47,49,53)/t33?,36-,37-/m0/s1. The minimum absolute atomic E-state index is 0.0111. The number of ketones is 1.